The molecule has 0 bridgehead atoms. The molecule has 0 saturated carbocycles. The second-order valence-electron chi connectivity index (χ2n) is 6.51. The number of rotatable bonds is 5. The van der Waals surface area contributed by atoms with E-state index in [1.54, 1.807) is 6.33 Å². The maximum atomic E-state index is 13.2. The summed E-state index contributed by atoms with van der Waals surface area (Å²) in [5.41, 5.74) is 1.28. The number of ether oxygens (including phenoxy) is 1. The maximum Gasteiger partial charge on any atom is 0.256 e. The van der Waals surface area contributed by atoms with Gasteiger partial charge in [-0.1, -0.05) is 32.0 Å². The van der Waals surface area contributed by atoms with Gasteiger partial charge in [-0.2, -0.15) is 0 Å². The number of aromatic nitrogens is 2. The highest BCUT2D eigenvalue weighted by molar-refractivity contribution is 5.94. The first-order chi connectivity index (χ1) is 11.6. The molecule has 0 spiro atoms. The van der Waals surface area contributed by atoms with E-state index in [9.17, 15) is 4.79 Å². The van der Waals surface area contributed by atoms with E-state index >= 15 is 0 Å². The van der Waals surface area contributed by atoms with Gasteiger partial charge in [0.1, 0.15) is 6.23 Å². The van der Waals surface area contributed by atoms with Crippen LogP contribution in [-0.2, 0) is 11.2 Å². The molecule has 2 aromatic rings. The third kappa shape index (κ3) is 2.96. The molecule has 1 unspecified atom stereocenters. The molecule has 3 atom stereocenters. The molecule has 1 aliphatic heterocycles. The Morgan fingerprint density at radius 2 is 2.08 bits per heavy atom. The van der Waals surface area contributed by atoms with Crippen LogP contribution in [-0.4, -0.2) is 38.6 Å². The van der Waals surface area contributed by atoms with Crippen molar-refractivity contribution in [2.24, 2.45) is 0 Å². The summed E-state index contributed by atoms with van der Waals surface area (Å²) in [5.74, 6) is 0.0279. The molecule has 1 saturated heterocycles. The average molecular weight is 327 g/mol. The van der Waals surface area contributed by atoms with Crippen LogP contribution in [0.15, 0.2) is 42.9 Å². The molecule has 24 heavy (non-hydrogen) atoms. The van der Waals surface area contributed by atoms with Crippen LogP contribution < -0.4 is 0 Å². The second kappa shape index (κ2) is 6.77. The minimum absolute atomic E-state index is 0.0279. The third-order valence-electron chi connectivity index (χ3n) is 5.02. The van der Waals surface area contributed by atoms with Crippen LogP contribution in [0.5, 0.6) is 0 Å². The summed E-state index contributed by atoms with van der Waals surface area (Å²) in [4.78, 5) is 22.4. The number of H-pyrrole nitrogens is 1. The highest BCUT2D eigenvalue weighted by Crippen LogP contribution is 2.38. The van der Waals surface area contributed by atoms with Crippen LogP contribution >= 0.6 is 0 Å². The number of aromatic amines is 1. The smallest absolute Gasteiger partial charge is 0.256 e. The first-order valence-corrected chi connectivity index (χ1v) is 8.62. The van der Waals surface area contributed by atoms with Gasteiger partial charge in [0, 0.05) is 18.2 Å². The van der Waals surface area contributed by atoms with Crippen molar-refractivity contribution in [1.82, 2.24) is 14.9 Å². The summed E-state index contributed by atoms with van der Waals surface area (Å²) in [7, 11) is 0. The van der Waals surface area contributed by atoms with Crippen molar-refractivity contribution in [2.45, 2.75) is 57.9 Å². The van der Waals surface area contributed by atoms with Gasteiger partial charge in [0.05, 0.1) is 23.7 Å². The Morgan fingerprint density at radius 1 is 1.33 bits per heavy atom. The van der Waals surface area contributed by atoms with E-state index < -0.39 is 0 Å². The van der Waals surface area contributed by atoms with Crippen molar-refractivity contribution >= 4 is 5.91 Å². The van der Waals surface area contributed by atoms with Crippen molar-refractivity contribution in [3.8, 4) is 0 Å². The highest BCUT2D eigenvalue weighted by Gasteiger charge is 2.50. The minimum Gasteiger partial charge on any atom is -0.351 e. The van der Waals surface area contributed by atoms with Gasteiger partial charge in [-0.25, -0.2) is 4.98 Å². The monoisotopic (exact) mass is 327 g/mol. The molecular weight excluding hydrogens is 302 g/mol. The fourth-order valence-corrected chi connectivity index (χ4v) is 3.46. The summed E-state index contributed by atoms with van der Waals surface area (Å²) in [6.07, 6.45) is 5.66. The number of carbonyl (C=O) groups is 1. The maximum absolute atomic E-state index is 13.2. The van der Waals surface area contributed by atoms with Crippen molar-refractivity contribution in [2.75, 3.05) is 0 Å². The van der Waals surface area contributed by atoms with E-state index in [0.717, 1.165) is 18.5 Å². The van der Waals surface area contributed by atoms with Crippen LogP contribution in [0.3, 0.4) is 0 Å². The average Bonchev–Trinajstić information content (AvgIpc) is 3.22. The Kier molecular flexibility index (Phi) is 4.71. The minimum atomic E-state index is -0.371. The molecular formula is C19H25N3O2. The number of benzene rings is 1. The number of nitrogens with one attached hydrogen (secondary N) is 1. The van der Waals surface area contributed by atoms with E-state index in [0.29, 0.717) is 12.0 Å². The highest BCUT2D eigenvalue weighted by atomic mass is 16.5. The molecule has 1 aliphatic rings. The van der Waals surface area contributed by atoms with E-state index in [1.807, 2.05) is 41.4 Å². The lowest BCUT2D eigenvalue weighted by Crippen LogP contribution is -2.48. The Labute approximate surface area is 143 Å². The van der Waals surface area contributed by atoms with Gasteiger partial charge in [0.25, 0.3) is 5.91 Å². The van der Waals surface area contributed by atoms with Gasteiger partial charge >= 0.3 is 0 Å². The molecule has 0 aliphatic carbocycles. The number of hydrogen-bond donors (Lipinski definition) is 1. The zero-order valence-corrected chi connectivity index (χ0v) is 14.5. The van der Waals surface area contributed by atoms with E-state index in [-0.39, 0.29) is 23.8 Å². The van der Waals surface area contributed by atoms with Crippen LogP contribution in [0.2, 0.25) is 0 Å². The predicted octanol–water partition coefficient (Wildman–Crippen LogP) is 3.40. The first-order valence-electron chi connectivity index (χ1n) is 8.62. The standard InChI is InChI=1S/C19H25N3O2/c1-4-17-22(18(23)14-9-7-6-8-10-14)16(19(3,5-2)24-17)11-15-12-20-13-21-15/h6-10,12-13,16-17H,4-5,11H2,1-3H3,(H,20,21)/t16-,17-,19?/m0/s1. The van der Waals surface area contributed by atoms with Crippen LogP contribution in [0, 0.1) is 0 Å². The summed E-state index contributed by atoms with van der Waals surface area (Å²) in [6.45, 7) is 6.27. The zero-order valence-electron chi connectivity index (χ0n) is 14.5. The van der Waals surface area contributed by atoms with Crippen LogP contribution in [0.25, 0.3) is 0 Å². The van der Waals surface area contributed by atoms with Crippen molar-refractivity contribution in [1.29, 1.82) is 0 Å². The normalized spacial score (nSPS) is 26.7. The van der Waals surface area contributed by atoms with E-state index in [4.69, 9.17) is 4.74 Å². The van der Waals surface area contributed by atoms with Gasteiger partial charge in [0.15, 0.2) is 0 Å². The van der Waals surface area contributed by atoms with Crippen LogP contribution in [0.1, 0.15) is 49.7 Å². The summed E-state index contributed by atoms with van der Waals surface area (Å²) in [5, 5.41) is 0. The summed E-state index contributed by atoms with van der Waals surface area (Å²) < 4.78 is 6.33. The van der Waals surface area contributed by atoms with Crippen molar-refractivity contribution in [3.05, 3.63) is 54.1 Å². The fraction of sp³-hybridized carbons (Fsp3) is 0.474. The Hall–Kier alpha value is -2.14. The van der Waals surface area contributed by atoms with Gasteiger partial charge in [0.2, 0.25) is 0 Å². The number of imidazole rings is 1. The topological polar surface area (TPSA) is 58.2 Å². The Morgan fingerprint density at radius 3 is 2.67 bits per heavy atom. The molecule has 3 rings (SSSR count). The van der Waals surface area contributed by atoms with E-state index in [2.05, 4.69) is 30.7 Å². The lowest BCUT2D eigenvalue weighted by molar-refractivity contribution is -0.0495. The molecule has 5 heteroatoms. The third-order valence-corrected chi connectivity index (χ3v) is 5.02. The first kappa shape index (κ1) is 16.7. The Bertz CT molecular complexity index is 671. The van der Waals surface area contributed by atoms with Crippen molar-refractivity contribution in [3.63, 3.8) is 0 Å². The molecule has 1 amide bonds. The molecule has 1 aromatic heterocycles. The number of amides is 1. The van der Waals surface area contributed by atoms with E-state index in [1.165, 1.54) is 0 Å². The lowest BCUT2D eigenvalue weighted by Gasteiger charge is -2.32. The number of nitrogens with zero attached hydrogens (tertiary/aromatic N) is 2. The summed E-state index contributed by atoms with van der Waals surface area (Å²) in [6, 6.07) is 9.40. The number of carbonyl (C=O) groups excluding carboxylic acids is 1. The van der Waals surface area contributed by atoms with Gasteiger partial charge < -0.3 is 14.6 Å². The van der Waals surface area contributed by atoms with Gasteiger partial charge in [-0.05, 0) is 31.9 Å². The quantitative estimate of drug-likeness (QED) is 0.915. The number of hydrogen-bond acceptors (Lipinski definition) is 3. The molecule has 1 fully saturated rings. The summed E-state index contributed by atoms with van der Waals surface area (Å²) >= 11 is 0. The Balaban J connectivity index is 1.96. The zero-order chi connectivity index (χ0) is 17.2. The molecule has 1 aromatic carbocycles. The molecule has 1 N–H and O–H groups in total. The fourth-order valence-electron chi connectivity index (χ4n) is 3.46. The van der Waals surface area contributed by atoms with Gasteiger partial charge in [-0.3, -0.25) is 4.79 Å². The van der Waals surface area contributed by atoms with Crippen LogP contribution in [0.4, 0.5) is 0 Å². The predicted molar refractivity (Wildman–Crippen MR) is 92.6 cm³/mol. The second-order valence-corrected chi connectivity index (χ2v) is 6.51. The molecule has 0 radical (unpaired) electrons. The van der Waals surface area contributed by atoms with Gasteiger partial charge in [-0.15, -0.1) is 0 Å². The van der Waals surface area contributed by atoms with Crippen molar-refractivity contribution < 1.29 is 9.53 Å². The largest absolute Gasteiger partial charge is 0.351 e. The molecule has 128 valence electrons. The lowest BCUT2D eigenvalue weighted by atomic mass is 9.89. The SMILES string of the molecule is CC[C@@H]1OC(C)(CC)[C@H](Cc2c[nH]cn2)N1C(=O)c1ccccc1. The molecule has 2 heterocycles. The molecule has 5 nitrogen and oxygen atoms in total.